The minimum Gasteiger partial charge on any atom is -0.492 e. The van der Waals surface area contributed by atoms with E-state index in [4.69, 9.17) is 21.1 Å². The molecule has 0 aliphatic carbocycles. The first kappa shape index (κ1) is 15.6. The fourth-order valence-corrected chi connectivity index (χ4v) is 2.62. The van der Waals surface area contributed by atoms with Crippen LogP contribution in [0.25, 0.3) is 0 Å². The average molecular weight is 298 g/mol. The van der Waals surface area contributed by atoms with Gasteiger partial charge in [0.25, 0.3) is 0 Å². The molecule has 3 nitrogen and oxygen atoms in total. The van der Waals surface area contributed by atoms with Gasteiger partial charge in [-0.15, -0.1) is 0 Å². The van der Waals surface area contributed by atoms with E-state index in [9.17, 15) is 0 Å². The van der Waals surface area contributed by atoms with Crippen LogP contribution in [0.3, 0.4) is 0 Å². The summed E-state index contributed by atoms with van der Waals surface area (Å²) in [5, 5.41) is 4.32. The fourth-order valence-electron chi connectivity index (χ4n) is 2.49. The van der Waals surface area contributed by atoms with Crippen molar-refractivity contribution in [2.24, 2.45) is 5.92 Å². The van der Waals surface area contributed by atoms with Crippen molar-refractivity contribution in [3.8, 4) is 5.75 Å². The highest BCUT2D eigenvalue weighted by atomic mass is 35.5. The van der Waals surface area contributed by atoms with Crippen LogP contribution in [0.2, 0.25) is 5.02 Å². The Morgan fingerprint density at radius 1 is 1.40 bits per heavy atom. The van der Waals surface area contributed by atoms with E-state index in [1.807, 2.05) is 24.3 Å². The molecule has 4 heteroatoms. The van der Waals surface area contributed by atoms with Gasteiger partial charge in [0, 0.05) is 23.6 Å². The number of halogens is 1. The molecule has 112 valence electrons. The maximum absolute atomic E-state index is 5.90. The number of benzene rings is 1. The third kappa shape index (κ3) is 4.97. The summed E-state index contributed by atoms with van der Waals surface area (Å²) < 4.78 is 11.5. The first-order chi connectivity index (χ1) is 9.79. The molecule has 0 bridgehead atoms. The maximum Gasteiger partial charge on any atom is 0.119 e. The second kappa shape index (κ2) is 8.50. The summed E-state index contributed by atoms with van der Waals surface area (Å²) in [6.45, 7) is 5.61. The smallest absolute Gasteiger partial charge is 0.119 e. The molecule has 20 heavy (non-hydrogen) atoms. The van der Waals surface area contributed by atoms with Crippen molar-refractivity contribution >= 4 is 11.6 Å². The zero-order chi connectivity index (χ0) is 14.2. The van der Waals surface area contributed by atoms with Crippen LogP contribution in [0.1, 0.15) is 26.2 Å². The van der Waals surface area contributed by atoms with Crippen molar-refractivity contribution in [2.75, 3.05) is 26.4 Å². The van der Waals surface area contributed by atoms with Gasteiger partial charge >= 0.3 is 0 Å². The molecule has 1 fully saturated rings. The Hall–Kier alpha value is -0.770. The minimum atomic E-state index is 0.353. The van der Waals surface area contributed by atoms with E-state index in [1.165, 1.54) is 6.42 Å². The largest absolute Gasteiger partial charge is 0.492 e. The summed E-state index contributed by atoms with van der Waals surface area (Å²) in [7, 11) is 0. The van der Waals surface area contributed by atoms with Gasteiger partial charge in [-0.1, -0.05) is 18.5 Å². The van der Waals surface area contributed by atoms with Gasteiger partial charge in [0.1, 0.15) is 12.4 Å². The van der Waals surface area contributed by atoms with Crippen LogP contribution in [0.15, 0.2) is 24.3 Å². The van der Waals surface area contributed by atoms with Crippen LogP contribution >= 0.6 is 11.6 Å². The molecule has 2 atom stereocenters. The highest BCUT2D eigenvalue weighted by molar-refractivity contribution is 6.30. The van der Waals surface area contributed by atoms with Gasteiger partial charge in [-0.05, 0) is 50.1 Å². The number of hydrogen-bond donors (Lipinski definition) is 1. The summed E-state index contributed by atoms with van der Waals surface area (Å²) in [6.07, 6.45) is 3.49. The molecule has 2 rings (SSSR count). The van der Waals surface area contributed by atoms with Gasteiger partial charge in [0.05, 0.1) is 6.61 Å². The number of hydrogen-bond acceptors (Lipinski definition) is 3. The van der Waals surface area contributed by atoms with Crippen molar-refractivity contribution in [1.82, 2.24) is 5.32 Å². The van der Waals surface area contributed by atoms with E-state index < -0.39 is 0 Å². The molecule has 2 unspecified atom stereocenters. The van der Waals surface area contributed by atoms with Gasteiger partial charge in [-0.25, -0.2) is 0 Å². The van der Waals surface area contributed by atoms with Crippen LogP contribution in [0.5, 0.6) is 5.75 Å². The lowest BCUT2D eigenvalue weighted by molar-refractivity contribution is 0.0307. The lowest BCUT2D eigenvalue weighted by Gasteiger charge is -2.31. The zero-order valence-corrected chi connectivity index (χ0v) is 12.9. The molecule has 1 aromatic carbocycles. The van der Waals surface area contributed by atoms with Crippen molar-refractivity contribution in [2.45, 2.75) is 32.2 Å². The maximum atomic E-state index is 5.90. The molecule has 1 aromatic rings. The zero-order valence-electron chi connectivity index (χ0n) is 12.1. The predicted octanol–water partition coefficient (Wildman–Crippen LogP) is 3.51. The molecular formula is C16H24ClNO2. The Morgan fingerprint density at radius 3 is 2.85 bits per heavy atom. The SMILES string of the molecule is CCCNC(COc1ccc(Cl)cc1)C1CCCOC1. The molecule has 0 amide bonds. The number of rotatable bonds is 7. The third-order valence-electron chi connectivity index (χ3n) is 3.66. The van der Waals surface area contributed by atoms with Crippen LogP contribution in [0, 0.1) is 5.92 Å². The average Bonchev–Trinajstić information content (AvgIpc) is 2.50. The van der Waals surface area contributed by atoms with Crippen molar-refractivity contribution in [3.05, 3.63) is 29.3 Å². The predicted molar refractivity (Wildman–Crippen MR) is 82.6 cm³/mol. The molecule has 1 aliphatic rings. The Labute approximate surface area is 126 Å². The van der Waals surface area contributed by atoms with Crippen molar-refractivity contribution in [3.63, 3.8) is 0 Å². The van der Waals surface area contributed by atoms with Crippen LogP contribution < -0.4 is 10.1 Å². The quantitative estimate of drug-likeness (QED) is 0.835. The van der Waals surface area contributed by atoms with Gasteiger partial charge in [0.15, 0.2) is 0 Å². The molecular weight excluding hydrogens is 274 g/mol. The van der Waals surface area contributed by atoms with E-state index >= 15 is 0 Å². The van der Waals surface area contributed by atoms with Crippen molar-refractivity contribution < 1.29 is 9.47 Å². The first-order valence-corrected chi connectivity index (χ1v) is 7.87. The van der Waals surface area contributed by atoms with E-state index in [1.54, 1.807) is 0 Å². The highest BCUT2D eigenvalue weighted by Gasteiger charge is 2.24. The Bertz CT molecular complexity index is 377. The van der Waals surface area contributed by atoms with E-state index in [-0.39, 0.29) is 0 Å². The summed E-state index contributed by atoms with van der Waals surface area (Å²) in [4.78, 5) is 0. The van der Waals surface area contributed by atoms with Gasteiger partial charge in [-0.2, -0.15) is 0 Å². The molecule has 1 aliphatic heterocycles. The standard InChI is InChI=1S/C16H24ClNO2/c1-2-9-18-16(13-4-3-10-19-11-13)12-20-15-7-5-14(17)6-8-15/h5-8,13,16,18H,2-4,9-12H2,1H3. The Kier molecular flexibility index (Phi) is 6.64. The minimum absolute atomic E-state index is 0.353. The number of nitrogens with one attached hydrogen (secondary N) is 1. The van der Waals surface area contributed by atoms with Crippen LogP contribution in [-0.4, -0.2) is 32.4 Å². The van der Waals surface area contributed by atoms with Crippen molar-refractivity contribution in [1.29, 1.82) is 0 Å². The summed E-state index contributed by atoms with van der Waals surface area (Å²) >= 11 is 5.88. The van der Waals surface area contributed by atoms with E-state index in [0.29, 0.717) is 18.6 Å². The summed E-state index contributed by atoms with van der Waals surface area (Å²) in [5.41, 5.74) is 0. The first-order valence-electron chi connectivity index (χ1n) is 7.49. The normalized spacial score (nSPS) is 20.6. The van der Waals surface area contributed by atoms with Crippen LogP contribution in [0.4, 0.5) is 0 Å². The van der Waals surface area contributed by atoms with Gasteiger partial charge in [-0.3, -0.25) is 0 Å². The van der Waals surface area contributed by atoms with Gasteiger partial charge < -0.3 is 14.8 Å². The third-order valence-corrected chi connectivity index (χ3v) is 3.92. The molecule has 0 spiro atoms. The molecule has 0 saturated carbocycles. The molecule has 0 aromatic heterocycles. The van der Waals surface area contributed by atoms with Crippen LogP contribution in [-0.2, 0) is 4.74 Å². The lowest BCUT2D eigenvalue weighted by atomic mass is 9.94. The highest BCUT2D eigenvalue weighted by Crippen LogP contribution is 2.20. The molecule has 1 N–H and O–H groups in total. The Morgan fingerprint density at radius 2 is 2.20 bits per heavy atom. The monoisotopic (exact) mass is 297 g/mol. The number of ether oxygens (including phenoxy) is 2. The Balaban J connectivity index is 1.87. The fraction of sp³-hybridized carbons (Fsp3) is 0.625. The molecule has 0 radical (unpaired) electrons. The molecule has 1 heterocycles. The second-order valence-corrected chi connectivity index (χ2v) is 5.74. The molecule has 1 saturated heterocycles. The van der Waals surface area contributed by atoms with E-state index in [2.05, 4.69) is 12.2 Å². The second-order valence-electron chi connectivity index (χ2n) is 5.30. The van der Waals surface area contributed by atoms with E-state index in [0.717, 1.165) is 43.4 Å². The lowest BCUT2D eigenvalue weighted by Crippen LogP contribution is -2.44. The van der Waals surface area contributed by atoms with Gasteiger partial charge in [0.2, 0.25) is 0 Å². The topological polar surface area (TPSA) is 30.5 Å². The summed E-state index contributed by atoms with van der Waals surface area (Å²) in [6, 6.07) is 7.89. The summed E-state index contributed by atoms with van der Waals surface area (Å²) in [5.74, 6) is 1.41.